The number of aromatic amines is 1. The zero-order valence-electron chi connectivity index (χ0n) is 14.4. The summed E-state index contributed by atoms with van der Waals surface area (Å²) >= 11 is 0. The van der Waals surface area contributed by atoms with Crippen LogP contribution in [0, 0.1) is 0 Å². The molecule has 4 rings (SSSR count). The van der Waals surface area contributed by atoms with E-state index >= 15 is 0 Å². The summed E-state index contributed by atoms with van der Waals surface area (Å²) in [6.07, 6.45) is 6.00. The lowest BCUT2D eigenvalue weighted by Crippen LogP contribution is -2.25. The van der Waals surface area contributed by atoms with Gasteiger partial charge in [-0.1, -0.05) is 31.0 Å². The van der Waals surface area contributed by atoms with Gasteiger partial charge in [-0.25, -0.2) is 18.4 Å². The summed E-state index contributed by atoms with van der Waals surface area (Å²) < 4.78 is 26.2. The van der Waals surface area contributed by atoms with Crippen molar-refractivity contribution in [2.45, 2.75) is 35.5 Å². The molecule has 0 bridgehead atoms. The third-order valence-electron chi connectivity index (χ3n) is 4.77. The molecule has 0 unspecified atom stereocenters. The number of anilines is 2. The van der Waals surface area contributed by atoms with Gasteiger partial charge >= 0.3 is 0 Å². The molecule has 3 aromatic rings. The molecule has 136 valence electrons. The minimum Gasteiger partial charge on any atom is -0.384 e. The number of nitrogens with one attached hydrogen (secondary N) is 1. The van der Waals surface area contributed by atoms with Crippen LogP contribution in [0.2, 0.25) is 0 Å². The Kier molecular flexibility index (Phi) is 4.28. The molecule has 0 radical (unpaired) electrons. The first-order valence-corrected chi connectivity index (χ1v) is 10.2. The SMILES string of the molecule is Nc1[nH]c2c(N3CCCCCC3)ncnc2c1S(=O)(=O)c1ccccc1. The quantitative estimate of drug-likeness (QED) is 0.733. The number of nitrogens with two attached hydrogens (primary N) is 1. The second-order valence-electron chi connectivity index (χ2n) is 6.51. The van der Waals surface area contributed by atoms with Crippen LogP contribution in [0.25, 0.3) is 11.0 Å². The summed E-state index contributed by atoms with van der Waals surface area (Å²) in [4.78, 5) is 14.1. The van der Waals surface area contributed by atoms with Gasteiger partial charge in [0.25, 0.3) is 0 Å². The predicted molar refractivity (Wildman–Crippen MR) is 101 cm³/mol. The summed E-state index contributed by atoms with van der Waals surface area (Å²) in [6.45, 7) is 1.79. The summed E-state index contributed by atoms with van der Waals surface area (Å²) in [6, 6.07) is 8.28. The summed E-state index contributed by atoms with van der Waals surface area (Å²) in [7, 11) is -3.77. The van der Waals surface area contributed by atoms with Gasteiger partial charge < -0.3 is 15.6 Å². The van der Waals surface area contributed by atoms with Gasteiger partial charge in [0, 0.05) is 13.1 Å². The number of H-pyrrole nitrogens is 1. The minimum absolute atomic E-state index is 0.0252. The topological polar surface area (TPSA) is 105 Å². The van der Waals surface area contributed by atoms with Crippen LogP contribution in [0.15, 0.2) is 46.5 Å². The van der Waals surface area contributed by atoms with Crippen molar-refractivity contribution in [1.29, 1.82) is 0 Å². The number of fused-ring (bicyclic) bond motifs is 1. The van der Waals surface area contributed by atoms with E-state index in [9.17, 15) is 8.42 Å². The van der Waals surface area contributed by atoms with Gasteiger partial charge in [0.15, 0.2) is 5.82 Å². The van der Waals surface area contributed by atoms with Gasteiger partial charge in [-0.3, -0.25) is 0 Å². The van der Waals surface area contributed by atoms with E-state index in [0.717, 1.165) is 31.7 Å². The molecule has 0 amide bonds. The van der Waals surface area contributed by atoms with Crippen molar-refractivity contribution in [2.75, 3.05) is 23.7 Å². The van der Waals surface area contributed by atoms with Gasteiger partial charge in [0.05, 0.1) is 4.90 Å². The average Bonchev–Trinajstić information content (AvgIpc) is 2.82. The Bertz CT molecular complexity index is 1020. The number of hydrogen-bond donors (Lipinski definition) is 2. The average molecular weight is 371 g/mol. The highest BCUT2D eigenvalue weighted by atomic mass is 32.2. The van der Waals surface area contributed by atoms with Gasteiger partial charge in [0.2, 0.25) is 9.84 Å². The number of benzene rings is 1. The maximum absolute atomic E-state index is 13.1. The molecular weight excluding hydrogens is 350 g/mol. The van der Waals surface area contributed by atoms with Crippen molar-refractivity contribution in [2.24, 2.45) is 0 Å². The van der Waals surface area contributed by atoms with E-state index in [-0.39, 0.29) is 15.6 Å². The normalized spacial score (nSPS) is 15.9. The third kappa shape index (κ3) is 2.80. The van der Waals surface area contributed by atoms with Gasteiger partial charge in [-0.05, 0) is 25.0 Å². The lowest BCUT2D eigenvalue weighted by atomic mass is 10.2. The number of sulfone groups is 1. The van der Waals surface area contributed by atoms with Crippen molar-refractivity contribution in [3.05, 3.63) is 36.7 Å². The lowest BCUT2D eigenvalue weighted by Gasteiger charge is -2.21. The molecule has 2 aromatic heterocycles. The molecule has 3 N–H and O–H groups in total. The fourth-order valence-corrected chi connectivity index (χ4v) is 5.00. The first kappa shape index (κ1) is 16.8. The van der Waals surface area contributed by atoms with Crippen molar-refractivity contribution in [1.82, 2.24) is 15.0 Å². The van der Waals surface area contributed by atoms with Gasteiger partial charge in [-0.15, -0.1) is 0 Å². The molecule has 1 aromatic carbocycles. The highest BCUT2D eigenvalue weighted by Gasteiger charge is 2.28. The monoisotopic (exact) mass is 371 g/mol. The Morgan fingerprint density at radius 3 is 2.38 bits per heavy atom. The van der Waals surface area contributed by atoms with E-state index in [0.29, 0.717) is 11.0 Å². The van der Waals surface area contributed by atoms with Crippen LogP contribution in [0.4, 0.5) is 11.6 Å². The molecule has 1 aliphatic rings. The maximum atomic E-state index is 13.1. The number of nitrogen functional groups attached to an aromatic ring is 1. The second kappa shape index (κ2) is 6.60. The lowest BCUT2D eigenvalue weighted by molar-refractivity contribution is 0.597. The molecule has 26 heavy (non-hydrogen) atoms. The number of aromatic nitrogens is 3. The Hall–Kier alpha value is -2.61. The highest BCUT2D eigenvalue weighted by molar-refractivity contribution is 7.92. The van der Waals surface area contributed by atoms with E-state index in [1.807, 2.05) is 0 Å². The van der Waals surface area contributed by atoms with Crippen LogP contribution >= 0.6 is 0 Å². The molecule has 0 aliphatic carbocycles. The molecule has 8 heteroatoms. The van der Waals surface area contributed by atoms with Crippen LogP contribution in [0.5, 0.6) is 0 Å². The summed E-state index contributed by atoms with van der Waals surface area (Å²) in [5, 5.41) is 0. The van der Waals surface area contributed by atoms with Crippen LogP contribution in [0.1, 0.15) is 25.7 Å². The van der Waals surface area contributed by atoms with Crippen molar-refractivity contribution < 1.29 is 8.42 Å². The summed E-state index contributed by atoms with van der Waals surface area (Å²) in [5.41, 5.74) is 7.02. The Labute approximate surface area is 152 Å². The van der Waals surface area contributed by atoms with Gasteiger partial charge in [-0.2, -0.15) is 0 Å². The van der Waals surface area contributed by atoms with Crippen LogP contribution in [0.3, 0.4) is 0 Å². The first-order valence-electron chi connectivity index (χ1n) is 8.76. The Morgan fingerprint density at radius 2 is 1.69 bits per heavy atom. The molecule has 1 fully saturated rings. The zero-order chi connectivity index (χ0) is 18.1. The smallest absolute Gasteiger partial charge is 0.212 e. The third-order valence-corrected chi connectivity index (χ3v) is 6.62. The van der Waals surface area contributed by atoms with Crippen LogP contribution < -0.4 is 10.6 Å². The molecule has 0 saturated carbocycles. The maximum Gasteiger partial charge on any atom is 0.212 e. The van der Waals surface area contributed by atoms with E-state index in [2.05, 4.69) is 19.9 Å². The molecule has 0 spiro atoms. The van der Waals surface area contributed by atoms with E-state index in [1.165, 1.54) is 19.2 Å². The van der Waals surface area contributed by atoms with Crippen LogP contribution in [-0.4, -0.2) is 36.5 Å². The fraction of sp³-hybridized carbons (Fsp3) is 0.333. The Morgan fingerprint density at radius 1 is 1.00 bits per heavy atom. The molecule has 1 saturated heterocycles. The van der Waals surface area contributed by atoms with Crippen molar-refractivity contribution in [3.8, 4) is 0 Å². The predicted octanol–water partition coefficient (Wildman–Crippen LogP) is 2.75. The first-order chi connectivity index (χ1) is 12.6. The van der Waals surface area contributed by atoms with E-state index < -0.39 is 9.84 Å². The second-order valence-corrected chi connectivity index (χ2v) is 8.39. The zero-order valence-corrected chi connectivity index (χ0v) is 15.2. The van der Waals surface area contributed by atoms with Crippen molar-refractivity contribution in [3.63, 3.8) is 0 Å². The molecule has 0 atom stereocenters. The number of hydrogen-bond acceptors (Lipinski definition) is 6. The highest BCUT2D eigenvalue weighted by Crippen LogP contribution is 2.35. The molecular formula is C18H21N5O2S. The van der Waals surface area contributed by atoms with E-state index in [4.69, 9.17) is 5.73 Å². The van der Waals surface area contributed by atoms with Crippen molar-refractivity contribution >= 4 is 32.5 Å². The minimum atomic E-state index is -3.77. The summed E-state index contributed by atoms with van der Waals surface area (Å²) in [5.74, 6) is 0.818. The number of rotatable bonds is 3. The molecule has 7 nitrogen and oxygen atoms in total. The fourth-order valence-electron chi connectivity index (χ4n) is 3.49. The Balaban J connectivity index is 1.88. The molecule has 1 aliphatic heterocycles. The largest absolute Gasteiger partial charge is 0.384 e. The number of nitrogens with zero attached hydrogens (tertiary/aromatic N) is 3. The van der Waals surface area contributed by atoms with E-state index in [1.54, 1.807) is 30.3 Å². The van der Waals surface area contributed by atoms with Gasteiger partial charge in [0.1, 0.15) is 28.1 Å². The van der Waals surface area contributed by atoms with Crippen LogP contribution in [-0.2, 0) is 9.84 Å². The standard InChI is InChI=1S/C18H21N5O2S/c19-17-16(26(24,25)13-8-4-3-5-9-13)14-15(22-17)18(21-12-20-14)23-10-6-1-2-7-11-23/h3-5,8-9,12,22H,1-2,6-7,10-11,19H2. The molecule has 3 heterocycles.